The predicted octanol–water partition coefficient (Wildman–Crippen LogP) is 3.07. The third-order valence-electron chi connectivity index (χ3n) is 5.54. The Morgan fingerprint density at radius 1 is 1.21 bits per heavy atom. The van der Waals surface area contributed by atoms with Gasteiger partial charge in [0.15, 0.2) is 5.96 Å². The molecule has 33 heavy (non-hydrogen) atoms. The summed E-state index contributed by atoms with van der Waals surface area (Å²) in [5.41, 5.74) is 0.855. The Kier molecular flexibility index (Phi) is 11.2. The molecule has 3 rings (SSSR count). The van der Waals surface area contributed by atoms with Crippen LogP contribution in [0.4, 0.5) is 4.79 Å². The molecule has 0 aliphatic carbocycles. The minimum absolute atomic E-state index is 0. The minimum atomic E-state index is -0.483. The van der Waals surface area contributed by atoms with Crippen molar-refractivity contribution in [3.05, 3.63) is 35.9 Å². The summed E-state index contributed by atoms with van der Waals surface area (Å²) in [5, 5.41) is 6.21. The smallest absolute Gasteiger partial charge is 0.407 e. The minimum Gasteiger partial charge on any atom is -0.444 e. The number of hydrogen-bond donors (Lipinski definition) is 2. The number of hydrogen-bond acceptors (Lipinski definition) is 5. The molecule has 2 atom stereocenters. The average molecular weight is 574 g/mol. The van der Waals surface area contributed by atoms with Gasteiger partial charge in [0.25, 0.3) is 0 Å². The second-order valence-electron chi connectivity index (χ2n) is 9.36. The maximum Gasteiger partial charge on any atom is 0.407 e. The van der Waals surface area contributed by atoms with Crippen molar-refractivity contribution < 1.29 is 14.3 Å². The molecule has 2 fully saturated rings. The number of benzene rings is 1. The second kappa shape index (κ2) is 13.3. The fraction of sp³-hybridized carbons (Fsp3) is 0.667. The highest BCUT2D eigenvalue weighted by molar-refractivity contribution is 14.0. The van der Waals surface area contributed by atoms with Crippen LogP contribution in [0.25, 0.3) is 0 Å². The number of halogens is 1. The summed E-state index contributed by atoms with van der Waals surface area (Å²) >= 11 is 0. The molecule has 2 aliphatic rings. The van der Waals surface area contributed by atoms with Crippen LogP contribution in [0.2, 0.25) is 0 Å². The molecule has 2 unspecified atom stereocenters. The van der Waals surface area contributed by atoms with Gasteiger partial charge in [0.05, 0.1) is 18.8 Å². The quantitative estimate of drug-likeness (QED) is 0.226. The number of likely N-dealkylation sites (tertiary alicyclic amines) is 1. The Morgan fingerprint density at radius 3 is 2.67 bits per heavy atom. The van der Waals surface area contributed by atoms with Crippen LogP contribution in [-0.4, -0.2) is 85.5 Å². The summed E-state index contributed by atoms with van der Waals surface area (Å²) in [5.74, 6) is 0.919. The van der Waals surface area contributed by atoms with Crippen LogP contribution in [0, 0.1) is 0 Å². The first-order valence-electron chi connectivity index (χ1n) is 11.8. The first-order chi connectivity index (χ1) is 15.4. The number of carbonyl (C=O) groups is 1. The Morgan fingerprint density at radius 2 is 1.97 bits per heavy atom. The summed E-state index contributed by atoms with van der Waals surface area (Å²) in [6.07, 6.45) is 0.573. The third-order valence-corrected chi connectivity index (χ3v) is 5.54. The van der Waals surface area contributed by atoms with E-state index in [2.05, 4.69) is 57.7 Å². The van der Waals surface area contributed by atoms with E-state index in [9.17, 15) is 4.79 Å². The topological polar surface area (TPSA) is 78.4 Å². The molecule has 0 saturated carbocycles. The Hall–Kier alpha value is -1.59. The predicted molar refractivity (Wildman–Crippen MR) is 142 cm³/mol. The van der Waals surface area contributed by atoms with E-state index >= 15 is 0 Å². The summed E-state index contributed by atoms with van der Waals surface area (Å²) in [6.45, 7) is 14.1. The van der Waals surface area contributed by atoms with Crippen molar-refractivity contribution >= 4 is 36.0 Å². The first kappa shape index (κ1) is 27.7. The zero-order chi connectivity index (χ0) is 23.0. The van der Waals surface area contributed by atoms with Crippen molar-refractivity contribution in [3.63, 3.8) is 0 Å². The lowest BCUT2D eigenvalue weighted by molar-refractivity contribution is -0.0502. The summed E-state index contributed by atoms with van der Waals surface area (Å²) in [4.78, 5) is 21.4. The molecule has 2 N–H and O–H groups in total. The number of amides is 1. The SMILES string of the molecule is CCNC(=NCCCNC(=O)OC(C)(C)C)N1CC2OCCN(Cc3ccccc3)C2C1.I. The molecule has 8 nitrogen and oxygen atoms in total. The number of fused-ring (bicyclic) bond motifs is 1. The molecule has 1 amide bonds. The van der Waals surface area contributed by atoms with Crippen molar-refractivity contribution in [2.24, 2.45) is 4.99 Å². The molecule has 2 aliphatic heterocycles. The van der Waals surface area contributed by atoms with Gasteiger partial charge >= 0.3 is 6.09 Å². The number of nitrogens with one attached hydrogen (secondary N) is 2. The molecule has 0 aromatic heterocycles. The Bertz CT molecular complexity index is 756. The zero-order valence-electron chi connectivity index (χ0n) is 20.4. The van der Waals surface area contributed by atoms with Crippen molar-refractivity contribution in [2.45, 2.75) is 58.4 Å². The molecular weight excluding hydrogens is 533 g/mol. The van der Waals surface area contributed by atoms with E-state index < -0.39 is 5.60 Å². The largest absolute Gasteiger partial charge is 0.444 e. The van der Waals surface area contributed by atoms with Crippen LogP contribution in [0.1, 0.15) is 39.7 Å². The summed E-state index contributed by atoms with van der Waals surface area (Å²) in [6, 6.07) is 11.0. The molecule has 9 heteroatoms. The number of rotatable bonds is 7. The van der Waals surface area contributed by atoms with Crippen LogP contribution in [-0.2, 0) is 16.0 Å². The van der Waals surface area contributed by atoms with E-state index in [0.29, 0.717) is 19.1 Å². The second-order valence-corrected chi connectivity index (χ2v) is 9.36. The van der Waals surface area contributed by atoms with Crippen molar-refractivity contribution in [3.8, 4) is 0 Å². The summed E-state index contributed by atoms with van der Waals surface area (Å²) < 4.78 is 11.4. The third kappa shape index (κ3) is 8.94. The van der Waals surface area contributed by atoms with E-state index in [0.717, 1.165) is 51.7 Å². The monoisotopic (exact) mass is 573 g/mol. The lowest BCUT2D eigenvalue weighted by atomic mass is 10.1. The summed E-state index contributed by atoms with van der Waals surface area (Å²) in [7, 11) is 0. The molecule has 2 heterocycles. The first-order valence-corrected chi connectivity index (χ1v) is 11.8. The molecule has 186 valence electrons. The molecule has 0 spiro atoms. The molecule has 0 radical (unpaired) electrons. The van der Waals surface area contributed by atoms with Gasteiger partial charge in [-0.05, 0) is 39.7 Å². The molecule has 1 aromatic carbocycles. The van der Waals surface area contributed by atoms with Gasteiger partial charge in [-0.15, -0.1) is 24.0 Å². The lowest BCUT2D eigenvalue weighted by Crippen LogP contribution is -2.50. The van der Waals surface area contributed by atoms with E-state index in [1.54, 1.807) is 0 Å². The highest BCUT2D eigenvalue weighted by Gasteiger charge is 2.41. The highest BCUT2D eigenvalue weighted by atomic mass is 127. The molecule has 0 bridgehead atoms. The number of alkyl carbamates (subject to hydrolysis) is 1. The van der Waals surface area contributed by atoms with Gasteiger partial charge in [-0.25, -0.2) is 4.79 Å². The number of morpholine rings is 1. The maximum atomic E-state index is 11.8. The number of nitrogens with zero attached hydrogens (tertiary/aromatic N) is 3. The van der Waals surface area contributed by atoms with E-state index in [-0.39, 0.29) is 36.2 Å². The number of ether oxygens (including phenoxy) is 2. The molecule has 1 aromatic rings. The van der Waals surface area contributed by atoms with Gasteiger partial charge in [0.2, 0.25) is 0 Å². The average Bonchev–Trinajstić information content (AvgIpc) is 3.17. The van der Waals surface area contributed by atoms with Gasteiger partial charge in [-0.3, -0.25) is 9.89 Å². The molecule has 2 saturated heterocycles. The van der Waals surface area contributed by atoms with Crippen LogP contribution in [0.3, 0.4) is 0 Å². The van der Waals surface area contributed by atoms with Gasteiger partial charge in [-0.2, -0.15) is 0 Å². The van der Waals surface area contributed by atoms with Gasteiger partial charge in [0.1, 0.15) is 5.60 Å². The van der Waals surface area contributed by atoms with Crippen LogP contribution in [0.15, 0.2) is 35.3 Å². The Balaban J connectivity index is 0.00000385. The van der Waals surface area contributed by atoms with Gasteiger partial charge in [0, 0.05) is 45.8 Å². The number of guanidine groups is 1. The van der Waals surface area contributed by atoms with Gasteiger partial charge in [-0.1, -0.05) is 30.3 Å². The van der Waals surface area contributed by atoms with E-state index in [4.69, 9.17) is 14.5 Å². The fourth-order valence-corrected chi connectivity index (χ4v) is 4.14. The zero-order valence-corrected chi connectivity index (χ0v) is 22.7. The van der Waals surface area contributed by atoms with Crippen molar-refractivity contribution in [2.75, 3.05) is 45.9 Å². The van der Waals surface area contributed by atoms with Crippen LogP contribution >= 0.6 is 24.0 Å². The van der Waals surface area contributed by atoms with Crippen molar-refractivity contribution in [1.82, 2.24) is 20.4 Å². The fourth-order valence-electron chi connectivity index (χ4n) is 4.14. The molecular formula is C24H40IN5O3. The normalized spacial score (nSPS) is 21.2. The van der Waals surface area contributed by atoms with Crippen LogP contribution < -0.4 is 10.6 Å². The number of aliphatic imine (C=N–C) groups is 1. The lowest BCUT2D eigenvalue weighted by Gasteiger charge is -2.36. The van der Waals surface area contributed by atoms with Crippen LogP contribution in [0.5, 0.6) is 0 Å². The number of carbonyl (C=O) groups excluding carboxylic acids is 1. The maximum absolute atomic E-state index is 11.8. The van der Waals surface area contributed by atoms with E-state index in [1.807, 2.05) is 20.8 Å². The van der Waals surface area contributed by atoms with Crippen molar-refractivity contribution in [1.29, 1.82) is 0 Å². The Labute approximate surface area is 215 Å². The standard InChI is InChI=1S/C24H39N5O3.HI/c1-5-25-22(26-12-9-13-27-23(30)32-24(2,3)4)29-17-20-21(18-29)31-15-14-28(20)16-19-10-7-6-8-11-19;/h6-8,10-11,20-21H,5,9,12-18H2,1-4H3,(H,25,26)(H,27,30);1H. The van der Waals surface area contributed by atoms with E-state index in [1.165, 1.54) is 5.56 Å². The highest BCUT2D eigenvalue weighted by Crippen LogP contribution is 2.24. The van der Waals surface area contributed by atoms with Gasteiger partial charge < -0.3 is 25.0 Å².